The summed E-state index contributed by atoms with van der Waals surface area (Å²) in [5, 5.41) is 8.75. The quantitative estimate of drug-likeness (QED) is 0.683. The van der Waals surface area contributed by atoms with E-state index in [9.17, 15) is 0 Å². The van der Waals surface area contributed by atoms with E-state index in [2.05, 4.69) is 27.0 Å². The summed E-state index contributed by atoms with van der Waals surface area (Å²) >= 11 is 3.31. The Morgan fingerprint density at radius 3 is 3.17 bits per heavy atom. The van der Waals surface area contributed by atoms with E-state index in [1.165, 1.54) is 0 Å². The number of halogens is 1. The summed E-state index contributed by atoms with van der Waals surface area (Å²) < 4.78 is 2.69. The third kappa shape index (κ3) is 0.990. The number of rotatable bonds is 0. The van der Waals surface area contributed by atoms with Crippen LogP contribution in [0, 0.1) is 11.3 Å². The maximum atomic E-state index is 8.75. The van der Waals surface area contributed by atoms with Gasteiger partial charge in [-0.25, -0.2) is 4.98 Å². The van der Waals surface area contributed by atoms with E-state index in [0.29, 0.717) is 11.2 Å². The summed E-state index contributed by atoms with van der Waals surface area (Å²) in [6, 6.07) is 3.84. The van der Waals surface area contributed by atoms with Crippen molar-refractivity contribution in [1.82, 2.24) is 9.38 Å². The van der Waals surface area contributed by atoms with Gasteiger partial charge in [-0.05, 0) is 22.0 Å². The molecule has 0 bridgehead atoms. The van der Waals surface area contributed by atoms with Crippen LogP contribution in [0.3, 0.4) is 0 Å². The molecule has 2 heterocycles. The van der Waals surface area contributed by atoms with Crippen LogP contribution in [0.2, 0.25) is 0 Å². The largest absolute Gasteiger partial charge is 0.305 e. The van der Waals surface area contributed by atoms with Crippen molar-refractivity contribution in [3.05, 3.63) is 34.7 Å². The van der Waals surface area contributed by atoms with Gasteiger partial charge in [-0.15, -0.1) is 0 Å². The highest BCUT2D eigenvalue weighted by Gasteiger charge is 2.02. The molecule has 12 heavy (non-hydrogen) atoms. The van der Waals surface area contributed by atoms with Crippen molar-refractivity contribution in [2.45, 2.75) is 0 Å². The summed E-state index contributed by atoms with van der Waals surface area (Å²) in [5.74, 6) is 0. The van der Waals surface area contributed by atoms with Crippen LogP contribution in [-0.2, 0) is 0 Å². The van der Waals surface area contributed by atoms with Gasteiger partial charge in [-0.2, -0.15) is 5.26 Å². The second-order valence-electron chi connectivity index (χ2n) is 2.34. The maximum Gasteiger partial charge on any atom is 0.154 e. The maximum absolute atomic E-state index is 8.75. The molecule has 0 aliphatic carbocycles. The monoisotopic (exact) mass is 221 g/mol. The molecule has 3 nitrogen and oxygen atoms in total. The Morgan fingerprint density at radius 2 is 2.42 bits per heavy atom. The number of nitrogens with zero attached hydrogens (tertiary/aromatic N) is 3. The van der Waals surface area contributed by atoms with Crippen molar-refractivity contribution in [2.24, 2.45) is 0 Å². The predicted molar refractivity (Wildman–Crippen MR) is 47.6 cm³/mol. The zero-order valence-electron chi connectivity index (χ0n) is 6.03. The summed E-state index contributed by atoms with van der Waals surface area (Å²) in [7, 11) is 0. The number of imidazole rings is 1. The van der Waals surface area contributed by atoms with Gasteiger partial charge in [-0.3, -0.25) is 0 Å². The minimum absolute atomic E-state index is 0.578. The number of hydrogen-bond acceptors (Lipinski definition) is 2. The first-order chi connectivity index (χ1) is 5.81. The second-order valence-corrected chi connectivity index (χ2v) is 3.26. The molecule has 2 aromatic heterocycles. The lowest BCUT2D eigenvalue weighted by atomic mass is 10.3. The van der Waals surface area contributed by atoms with Gasteiger partial charge in [0.15, 0.2) is 5.65 Å². The van der Waals surface area contributed by atoms with E-state index in [1.807, 2.05) is 10.6 Å². The fraction of sp³-hybridized carbons (Fsp3) is 0. The SMILES string of the molecule is N#Cc1cc(Br)cn2ccnc12. The first kappa shape index (κ1) is 7.32. The molecule has 0 N–H and O–H groups in total. The van der Waals surface area contributed by atoms with Crippen molar-refractivity contribution in [1.29, 1.82) is 5.26 Å². The average molecular weight is 222 g/mol. The highest BCUT2D eigenvalue weighted by molar-refractivity contribution is 9.10. The van der Waals surface area contributed by atoms with Crippen molar-refractivity contribution >= 4 is 21.6 Å². The van der Waals surface area contributed by atoms with Crippen LogP contribution in [-0.4, -0.2) is 9.38 Å². The van der Waals surface area contributed by atoms with Crippen molar-refractivity contribution < 1.29 is 0 Å². The Kier molecular flexibility index (Phi) is 1.59. The standard InChI is InChI=1S/C8H4BrN3/c9-7-3-6(4-10)8-11-1-2-12(8)5-7/h1-3,5H. The van der Waals surface area contributed by atoms with E-state index in [-0.39, 0.29) is 0 Å². The lowest BCUT2D eigenvalue weighted by Crippen LogP contribution is -1.87. The van der Waals surface area contributed by atoms with E-state index in [0.717, 1.165) is 4.47 Å². The number of aromatic nitrogens is 2. The van der Waals surface area contributed by atoms with E-state index >= 15 is 0 Å². The lowest BCUT2D eigenvalue weighted by molar-refractivity contribution is 1.17. The average Bonchev–Trinajstić information content (AvgIpc) is 2.50. The smallest absolute Gasteiger partial charge is 0.154 e. The molecule has 0 unspecified atom stereocenters. The van der Waals surface area contributed by atoms with Crippen LogP contribution in [0.4, 0.5) is 0 Å². The molecule has 0 spiro atoms. The molecule has 0 aliphatic heterocycles. The third-order valence-electron chi connectivity index (χ3n) is 1.57. The molecule has 0 radical (unpaired) electrons. The number of hydrogen-bond donors (Lipinski definition) is 0. The van der Waals surface area contributed by atoms with Gasteiger partial charge in [0.2, 0.25) is 0 Å². The molecular weight excluding hydrogens is 218 g/mol. The highest BCUT2D eigenvalue weighted by Crippen LogP contribution is 2.15. The van der Waals surface area contributed by atoms with Crippen molar-refractivity contribution in [2.75, 3.05) is 0 Å². The molecule has 2 rings (SSSR count). The van der Waals surface area contributed by atoms with Crippen LogP contribution in [0.15, 0.2) is 29.1 Å². The minimum atomic E-state index is 0.578. The van der Waals surface area contributed by atoms with Crippen molar-refractivity contribution in [3.8, 4) is 6.07 Å². The molecule has 0 saturated carbocycles. The fourth-order valence-electron chi connectivity index (χ4n) is 1.08. The summed E-state index contributed by atoms with van der Waals surface area (Å²) in [6.45, 7) is 0. The van der Waals surface area contributed by atoms with Gasteiger partial charge in [0, 0.05) is 23.1 Å². The molecule has 0 aromatic carbocycles. The zero-order chi connectivity index (χ0) is 8.55. The number of fused-ring (bicyclic) bond motifs is 1. The lowest BCUT2D eigenvalue weighted by Gasteiger charge is -1.96. The molecular formula is C8H4BrN3. The topological polar surface area (TPSA) is 41.1 Å². The molecule has 0 aliphatic rings. The molecule has 0 amide bonds. The van der Waals surface area contributed by atoms with Crippen LogP contribution < -0.4 is 0 Å². The second kappa shape index (κ2) is 2.61. The van der Waals surface area contributed by atoms with Gasteiger partial charge >= 0.3 is 0 Å². The molecule has 0 saturated heterocycles. The molecule has 4 heteroatoms. The highest BCUT2D eigenvalue weighted by atomic mass is 79.9. The van der Waals surface area contributed by atoms with Gasteiger partial charge in [0.1, 0.15) is 6.07 Å². The van der Waals surface area contributed by atoms with E-state index in [1.54, 1.807) is 18.5 Å². The first-order valence-corrected chi connectivity index (χ1v) is 4.13. The van der Waals surface area contributed by atoms with Gasteiger partial charge < -0.3 is 4.40 Å². The van der Waals surface area contributed by atoms with Gasteiger partial charge in [-0.1, -0.05) is 0 Å². The Bertz CT molecular complexity index is 467. The first-order valence-electron chi connectivity index (χ1n) is 3.33. The molecule has 2 aromatic rings. The summed E-state index contributed by atoms with van der Waals surface area (Å²) in [4.78, 5) is 4.05. The third-order valence-corrected chi connectivity index (χ3v) is 2.01. The molecule has 0 fully saturated rings. The normalized spacial score (nSPS) is 10.0. The fourth-order valence-corrected chi connectivity index (χ4v) is 1.53. The molecule has 58 valence electrons. The van der Waals surface area contributed by atoms with Gasteiger partial charge in [0.25, 0.3) is 0 Å². The Balaban J connectivity index is 2.91. The summed E-state index contributed by atoms with van der Waals surface area (Å²) in [5.41, 5.74) is 1.27. The zero-order valence-corrected chi connectivity index (χ0v) is 7.62. The van der Waals surface area contributed by atoms with Crippen LogP contribution in [0.5, 0.6) is 0 Å². The van der Waals surface area contributed by atoms with Crippen LogP contribution in [0.25, 0.3) is 5.65 Å². The van der Waals surface area contributed by atoms with Gasteiger partial charge in [0.05, 0.1) is 5.56 Å². The Morgan fingerprint density at radius 1 is 1.58 bits per heavy atom. The van der Waals surface area contributed by atoms with E-state index in [4.69, 9.17) is 5.26 Å². The minimum Gasteiger partial charge on any atom is -0.305 e. The van der Waals surface area contributed by atoms with E-state index < -0.39 is 0 Å². The number of pyridine rings is 1. The van der Waals surface area contributed by atoms with Crippen LogP contribution >= 0.6 is 15.9 Å². The molecule has 0 atom stereocenters. The Labute approximate surface area is 77.4 Å². The predicted octanol–water partition coefficient (Wildman–Crippen LogP) is 1.97. The van der Waals surface area contributed by atoms with Crippen LogP contribution in [0.1, 0.15) is 5.56 Å². The summed E-state index contributed by atoms with van der Waals surface area (Å²) in [6.07, 6.45) is 5.34. The Hall–Kier alpha value is -1.34. The van der Waals surface area contributed by atoms with Crippen molar-refractivity contribution in [3.63, 3.8) is 0 Å². The number of nitriles is 1.